The van der Waals surface area contributed by atoms with E-state index in [2.05, 4.69) is 27.6 Å². The van der Waals surface area contributed by atoms with E-state index < -0.39 is 10.0 Å². The Morgan fingerprint density at radius 1 is 1.33 bits per heavy atom. The molecule has 1 unspecified atom stereocenters. The highest BCUT2D eigenvalue weighted by molar-refractivity contribution is 9.09. The molecule has 4 nitrogen and oxygen atoms in total. The molecule has 0 saturated carbocycles. The Morgan fingerprint density at radius 3 is 2.44 bits per heavy atom. The van der Waals surface area contributed by atoms with Crippen molar-refractivity contribution in [1.82, 2.24) is 4.72 Å². The molecule has 0 aliphatic heterocycles. The first kappa shape index (κ1) is 15.5. The lowest BCUT2D eigenvalue weighted by atomic mass is 10.2. The fourth-order valence-corrected chi connectivity index (χ4v) is 3.37. The Morgan fingerprint density at radius 2 is 1.94 bits per heavy atom. The summed E-state index contributed by atoms with van der Waals surface area (Å²) in [5.74, 6) is 0.637. The van der Waals surface area contributed by atoms with Gasteiger partial charge in [-0.15, -0.1) is 0 Å². The molecular formula is C12H18BrNO3S. The molecule has 0 aliphatic carbocycles. The van der Waals surface area contributed by atoms with Gasteiger partial charge in [-0.1, -0.05) is 29.3 Å². The van der Waals surface area contributed by atoms with Crippen LogP contribution in [0.3, 0.4) is 0 Å². The second-order valence-electron chi connectivity index (χ2n) is 3.91. The third-order valence-electron chi connectivity index (χ3n) is 2.47. The predicted molar refractivity (Wildman–Crippen MR) is 75.8 cm³/mol. The van der Waals surface area contributed by atoms with Crippen molar-refractivity contribution < 1.29 is 13.2 Å². The molecule has 0 bridgehead atoms. The van der Waals surface area contributed by atoms with Crippen molar-refractivity contribution in [3.05, 3.63) is 24.3 Å². The van der Waals surface area contributed by atoms with Crippen LogP contribution < -0.4 is 9.46 Å². The van der Waals surface area contributed by atoms with E-state index >= 15 is 0 Å². The van der Waals surface area contributed by atoms with Gasteiger partial charge in [0.15, 0.2) is 0 Å². The first-order chi connectivity index (χ1) is 8.49. The summed E-state index contributed by atoms with van der Waals surface area (Å²) in [5.41, 5.74) is 0. The lowest BCUT2D eigenvalue weighted by Gasteiger charge is -2.11. The summed E-state index contributed by atoms with van der Waals surface area (Å²) < 4.78 is 31.5. The summed E-state index contributed by atoms with van der Waals surface area (Å²) in [4.78, 5) is 0.412. The molecule has 1 aromatic carbocycles. The quantitative estimate of drug-likeness (QED) is 0.779. The molecule has 1 N–H and O–H groups in total. The van der Waals surface area contributed by atoms with E-state index in [-0.39, 0.29) is 9.72 Å². The minimum Gasteiger partial charge on any atom is -0.497 e. The average molecular weight is 336 g/mol. The van der Waals surface area contributed by atoms with Crippen LogP contribution >= 0.6 is 15.9 Å². The summed E-state index contributed by atoms with van der Waals surface area (Å²) in [5, 5.41) is 0. The topological polar surface area (TPSA) is 55.4 Å². The lowest BCUT2D eigenvalue weighted by molar-refractivity contribution is 0.414. The van der Waals surface area contributed by atoms with Crippen LogP contribution in [0, 0.1) is 0 Å². The van der Waals surface area contributed by atoms with Crippen LogP contribution in [0.1, 0.15) is 19.8 Å². The zero-order chi connectivity index (χ0) is 13.6. The van der Waals surface area contributed by atoms with Gasteiger partial charge in [-0.25, -0.2) is 13.1 Å². The van der Waals surface area contributed by atoms with E-state index in [0.717, 1.165) is 12.8 Å². The molecule has 0 aromatic heterocycles. The van der Waals surface area contributed by atoms with Gasteiger partial charge in [-0.2, -0.15) is 0 Å². The van der Waals surface area contributed by atoms with Crippen molar-refractivity contribution >= 4 is 26.0 Å². The number of nitrogens with one attached hydrogen (secondary N) is 1. The molecule has 18 heavy (non-hydrogen) atoms. The van der Waals surface area contributed by atoms with Crippen molar-refractivity contribution in [3.8, 4) is 5.75 Å². The Balaban J connectivity index is 2.67. The van der Waals surface area contributed by atoms with E-state index in [9.17, 15) is 8.42 Å². The molecule has 102 valence electrons. The highest BCUT2D eigenvalue weighted by Crippen LogP contribution is 2.16. The van der Waals surface area contributed by atoms with Gasteiger partial charge in [-0.05, 0) is 30.7 Å². The second kappa shape index (κ2) is 7.11. The maximum atomic E-state index is 12.0. The summed E-state index contributed by atoms with van der Waals surface area (Å²) in [6.07, 6.45) is 1.95. The van der Waals surface area contributed by atoms with Gasteiger partial charge in [0.25, 0.3) is 0 Å². The van der Waals surface area contributed by atoms with Gasteiger partial charge in [-0.3, -0.25) is 0 Å². The monoisotopic (exact) mass is 335 g/mol. The molecule has 0 amide bonds. The predicted octanol–water partition coefficient (Wildman–Crippen LogP) is 2.54. The van der Waals surface area contributed by atoms with Crippen molar-refractivity contribution in [1.29, 1.82) is 0 Å². The van der Waals surface area contributed by atoms with Crippen molar-refractivity contribution in [2.24, 2.45) is 0 Å². The fourth-order valence-electron chi connectivity index (χ4n) is 1.45. The molecule has 0 saturated heterocycles. The Hall–Kier alpha value is -0.590. The standard InChI is InChI=1S/C12H18BrNO3S/c1-3-4-10(13)9-14-18(15,16)12-7-5-11(17-2)6-8-12/h5-8,10,14H,3-4,9H2,1-2H3. The maximum absolute atomic E-state index is 12.0. The average Bonchev–Trinajstić information content (AvgIpc) is 2.37. The van der Waals surface area contributed by atoms with Gasteiger partial charge in [0, 0.05) is 11.4 Å². The van der Waals surface area contributed by atoms with E-state index in [4.69, 9.17) is 4.74 Å². The van der Waals surface area contributed by atoms with E-state index in [1.165, 1.54) is 12.1 Å². The molecule has 1 rings (SSSR count). The van der Waals surface area contributed by atoms with Crippen LogP contribution in [0.2, 0.25) is 0 Å². The number of rotatable bonds is 7. The van der Waals surface area contributed by atoms with E-state index in [0.29, 0.717) is 12.3 Å². The van der Waals surface area contributed by atoms with Crippen LogP contribution in [0.4, 0.5) is 0 Å². The van der Waals surface area contributed by atoms with Crippen molar-refractivity contribution in [2.45, 2.75) is 29.5 Å². The Labute approximate surface area is 117 Å². The van der Waals surface area contributed by atoms with Crippen molar-refractivity contribution in [3.63, 3.8) is 0 Å². The number of methoxy groups -OCH3 is 1. The second-order valence-corrected chi connectivity index (χ2v) is 6.98. The first-order valence-electron chi connectivity index (χ1n) is 5.77. The minimum atomic E-state index is -3.43. The summed E-state index contributed by atoms with van der Waals surface area (Å²) >= 11 is 3.44. The third-order valence-corrected chi connectivity index (χ3v) is 4.69. The first-order valence-corrected chi connectivity index (χ1v) is 8.17. The fraction of sp³-hybridized carbons (Fsp3) is 0.500. The van der Waals surface area contributed by atoms with Gasteiger partial charge in [0.2, 0.25) is 10.0 Å². The zero-order valence-corrected chi connectivity index (χ0v) is 12.9. The van der Waals surface area contributed by atoms with Gasteiger partial charge in [0.05, 0.1) is 12.0 Å². The normalized spacial score (nSPS) is 13.3. The maximum Gasteiger partial charge on any atom is 0.240 e. The number of sulfonamides is 1. The summed E-state index contributed by atoms with van der Waals surface area (Å²) in [6.45, 7) is 2.45. The molecule has 1 aromatic rings. The van der Waals surface area contributed by atoms with Crippen LogP contribution in [-0.2, 0) is 10.0 Å². The number of halogens is 1. The number of alkyl halides is 1. The molecule has 6 heteroatoms. The smallest absolute Gasteiger partial charge is 0.240 e. The number of hydrogen-bond acceptors (Lipinski definition) is 3. The molecule has 1 atom stereocenters. The van der Waals surface area contributed by atoms with Crippen LogP contribution in [-0.4, -0.2) is 26.9 Å². The Kier molecular flexibility index (Phi) is 6.11. The summed E-state index contributed by atoms with van der Waals surface area (Å²) in [7, 11) is -1.89. The molecular weight excluding hydrogens is 318 g/mol. The highest BCUT2D eigenvalue weighted by Gasteiger charge is 2.15. The third kappa shape index (κ3) is 4.59. The van der Waals surface area contributed by atoms with E-state index in [1.807, 2.05) is 0 Å². The van der Waals surface area contributed by atoms with Crippen LogP contribution in [0.15, 0.2) is 29.2 Å². The summed E-state index contributed by atoms with van der Waals surface area (Å²) in [6, 6.07) is 6.33. The van der Waals surface area contributed by atoms with Gasteiger partial charge in [0.1, 0.15) is 5.75 Å². The van der Waals surface area contributed by atoms with Crippen LogP contribution in [0.25, 0.3) is 0 Å². The molecule has 0 aliphatic rings. The number of benzene rings is 1. The number of ether oxygens (including phenoxy) is 1. The Bertz CT molecular complexity index is 459. The van der Waals surface area contributed by atoms with E-state index in [1.54, 1.807) is 19.2 Å². The largest absolute Gasteiger partial charge is 0.497 e. The zero-order valence-electron chi connectivity index (χ0n) is 10.5. The van der Waals surface area contributed by atoms with Crippen LogP contribution in [0.5, 0.6) is 5.75 Å². The lowest BCUT2D eigenvalue weighted by Crippen LogP contribution is -2.29. The SMILES string of the molecule is CCCC(Br)CNS(=O)(=O)c1ccc(OC)cc1. The minimum absolute atomic E-state index is 0.163. The van der Waals surface area contributed by atoms with Gasteiger partial charge < -0.3 is 4.74 Å². The van der Waals surface area contributed by atoms with Crippen molar-refractivity contribution in [2.75, 3.05) is 13.7 Å². The highest BCUT2D eigenvalue weighted by atomic mass is 79.9. The van der Waals surface area contributed by atoms with Gasteiger partial charge >= 0.3 is 0 Å². The molecule has 0 spiro atoms. The molecule has 0 heterocycles. The molecule has 0 fully saturated rings. The molecule has 0 radical (unpaired) electrons. The number of hydrogen-bond donors (Lipinski definition) is 1.